The number of nitrogens with one attached hydrogen (secondary N) is 2. The minimum atomic E-state index is -0.134. The van der Waals surface area contributed by atoms with E-state index in [-0.39, 0.29) is 6.03 Å². The normalized spacial score (nSPS) is 13.6. The summed E-state index contributed by atoms with van der Waals surface area (Å²) in [5.41, 5.74) is 3.85. The summed E-state index contributed by atoms with van der Waals surface area (Å²) < 4.78 is 0. The van der Waals surface area contributed by atoms with Crippen molar-refractivity contribution >= 4 is 11.8 Å². The van der Waals surface area contributed by atoms with Crippen molar-refractivity contribution in [2.24, 2.45) is 0 Å². The van der Waals surface area contributed by atoms with Crippen LogP contribution in [0.3, 0.4) is 0 Å². The first-order valence-electron chi connectivity index (χ1n) is 10.2. The molecular weight excluding hydrogens is 350 g/mol. The maximum Gasteiger partial charge on any atom is 0.315 e. The number of nitrogens with zero attached hydrogens (tertiary/aromatic N) is 3. The number of pyridine rings is 1. The molecule has 6 nitrogen and oxygen atoms in total. The number of anilines is 1. The van der Waals surface area contributed by atoms with Crippen molar-refractivity contribution in [3.05, 3.63) is 59.3 Å². The van der Waals surface area contributed by atoms with Crippen LogP contribution in [0, 0.1) is 0 Å². The number of carbonyl (C=O) groups excluding carboxylic acids is 1. The first kappa shape index (κ1) is 20.1. The van der Waals surface area contributed by atoms with Crippen LogP contribution in [-0.4, -0.2) is 48.6 Å². The SMILES string of the molecule is CCN(CC)c1ccc(CNC(=O)NCCN2CCc3ccccc3C2)cn1. The average Bonchev–Trinajstić information content (AvgIpc) is 2.74. The number of aromatic nitrogens is 1. The molecule has 1 aliphatic heterocycles. The highest BCUT2D eigenvalue weighted by Gasteiger charge is 2.15. The summed E-state index contributed by atoms with van der Waals surface area (Å²) in [5.74, 6) is 0.973. The van der Waals surface area contributed by atoms with Crippen LogP contribution in [-0.2, 0) is 19.5 Å². The lowest BCUT2D eigenvalue weighted by Crippen LogP contribution is -2.41. The fraction of sp³-hybridized carbons (Fsp3) is 0.455. The van der Waals surface area contributed by atoms with Gasteiger partial charge in [0.1, 0.15) is 5.82 Å². The second-order valence-corrected chi connectivity index (χ2v) is 7.10. The van der Waals surface area contributed by atoms with Crippen molar-refractivity contribution in [1.82, 2.24) is 20.5 Å². The number of benzene rings is 1. The van der Waals surface area contributed by atoms with Gasteiger partial charge in [0, 0.05) is 52.0 Å². The van der Waals surface area contributed by atoms with Gasteiger partial charge in [0.2, 0.25) is 0 Å². The van der Waals surface area contributed by atoms with Crippen LogP contribution in [0.15, 0.2) is 42.6 Å². The molecule has 0 bridgehead atoms. The van der Waals surface area contributed by atoms with E-state index in [0.717, 1.165) is 50.5 Å². The molecule has 0 aliphatic carbocycles. The van der Waals surface area contributed by atoms with E-state index in [1.54, 1.807) is 0 Å². The van der Waals surface area contributed by atoms with E-state index < -0.39 is 0 Å². The Morgan fingerprint density at radius 1 is 1.11 bits per heavy atom. The number of hydrogen-bond donors (Lipinski definition) is 2. The topological polar surface area (TPSA) is 60.5 Å². The van der Waals surface area contributed by atoms with E-state index in [4.69, 9.17) is 0 Å². The van der Waals surface area contributed by atoms with E-state index in [9.17, 15) is 4.79 Å². The minimum absolute atomic E-state index is 0.134. The quantitative estimate of drug-likeness (QED) is 0.738. The maximum absolute atomic E-state index is 12.1. The van der Waals surface area contributed by atoms with Gasteiger partial charge < -0.3 is 15.5 Å². The fourth-order valence-electron chi connectivity index (χ4n) is 3.57. The van der Waals surface area contributed by atoms with Gasteiger partial charge in [0.25, 0.3) is 0 Å². The predicted molar refractivity (Wildman–Crippen MR) is 113 cm³/mol. The summed E-state index contributed by atoms with van der Waals surface area (Å²) in [5, 5.41) is 5.86. The molecule has 0 fully saturated rings. The molecule has 0 atom stereocenters. The van der Waals surface area contributed by atoms with Gasteiger partial charge in [0.15, 0.2) is 0 Å². The number of amides is 2. The lowest BCUT2D eigenvalue weighted by Gasteiger charge is -2.28. The molecule has 28 heavy (non-hydrogen) atoms. The van der Waals surface area contributed by atoms with Crippen LogP contribution < -0.4 is 15.5 Å². The monoisotopic (exact) mass is 381 g/mol. The Bertz CT molecular complexity index is 758. The van der Waals surface area contributed by atoms with E-state index in [1.165, 1.54) is 11.1 Å². The summed E-state index contributed by atoms with van der Waals surface area (Å²) in [6.45, 7) is 10.1. The zero-order valence-corrected chi connectivity index (χ0v) is 16.9. The molecule has 0 saturated carbocycles. The largest absolute Gasteiger partial charge is 0.357 e. The Kier molecular flexibility index (Phi) is 7.25. The zero-order chi connectivity index (χ0) is 19.8. The van der Waals surface area contributed by atoms with Crippen LogP contribution in [0.25, 0.3) is 0 Å². The van der Waals surface area contributed by atoms with Crippen LogP contribution in [0.4, 0.5) is 10.6 Å². The maximum atomic E-state index is 12.1. The van der Waals surface area contributed by atoms with Gasteiger partial charge in [0.05, 0.1) is 0 Å². The predicted octanol–water partition coefficient (Wildman–Crippen LogP) is 2.79. The smallest absolute Gasteiger partial charge is 0.315 e. The molecule has 2 aromatic rings. The van der Waals surface area contributed by atoms with Crippen LogP contribution >= 0.6 is 0 Å². The van der Waals surface area contributed by atoms with Crippen molar-refractivity contribution in [1.29, 1.82) is 0 Å². The molecule has 1 aliphatic rings. The molecule has 2 N–H and O–H groups in total. The number of carbonyl (C=O) groups is 1. The lowest BCUT2D eigenvalue weighted by molar-refractivity contribution is 0.230. The number of hydrogen-bond acceptors (Lipinski definition) is 4. The van der Waals surface area contributed by atoms with Gasteiger partial charge in [-0.05, 0) is 43.0 Å². The van der Waals surface area contributed by atoms with Gasteiger partial charge in [-0.3, -0.25) is 4.90 Å². The van der Waals surface area contributed by atoms with Gasteiger partial charge in [-0.1, -0.05) is 30.3 Å². The van der Waals surface area contributed by atoms with Crippen molar-refractivity contribution in [2.45, 2.75) is 33.4 Å². The highest BCUT2D eigenvalue weighted by molar-refractivity contribution is 5.73. The standard InChI is InChI=1S/C22H31N5O/c1-3-27(4-2)21-10-9-18(15-24-21)16-25-22(28)23-12-14-26-13-11-19-7-5-6-8-20(19)17-26/h5-10,15H,3-4,11-14,16-17H2,1-2H3,(H2,23,25,28). The van der Waals surface area contributed by atoms with Crippen molar-refractivity contribution in [2.75, 3.05) is 37.6 Å². The van der Waals surface area contributed by atoms with Gasteiger partial charge in [-0.15, -0.1) is 0 Å². The Balaban J connectivity index is 1.36. The van der Waals surface area contributed by atoms with E-state index in [2.05, 4.69) is 63.5 Å². The van der Waals surface area contributed by atoms with Crippen molar-refractivity contribution in [3.8, 4) is 0 Å². The third kappa shape index (κ3) is 5.45. The molecule has 150 valence electrons. The van der Waals surface area contributed by atoms with Crippen LogP contribution in [0.1, 0.15) is 30.5 Å². The molecule has 2 heterocycles. The minimum Gasteiger partial charge on any atom is -0.357 e. The number of fused-ring (bicyclic) bond motifs is 1. The molecule has 0 saturated heterocycles. The Hall–Kier alpha value is -2.60. The third-order valence-electron chi connectivity index (χ3n) is 5.27. The zero-order valence-electron chi connectivity index (χ0n) is 16.9. The third-order valence-corrected chi connectivity index (χ3v) is 5.27. The molecule has 2 amide bonds. The highest BCUT2D eigenvalue weighted by atomic mass is 16.2. The molecular formula is C22H31N5O. The highest BCUT2D eigenvalue weighted by Crippen LogP contribution is 2.17. The van der Waals surface area contributed by atoms with Crippen molar-refractivity contribution in [3.63, 3.8) is 0 Å². The Morgan fingerprint density at radius 2 is 1.89 bits per heavy atom. The first-order chi connectivity index (χ1) is 13.7. The Morgan fingerprint density at radius 3 is 2.61 bits per heavy atom. The summed E-state index contributed by atoms with van der Waals surface area (Å²) in [7, 11) is 0. The summed E-state index contributed by atoms with van der Waals surface area (Å²) in [6.07, 6.45) is 2.91. The molecule has 1 aromatic carbocycles. The van der Waals surface area contributed by atoms with Crippen molar-refractivity contribution < 1.29 is 4.79 Å². The van der Waals surface area contributed by atoms with Gasteiger partial charge in [-0.2, -0.15) is 0 Å². The van der Waals surface area contributed by atoms with Gasteiger partial charge >= 0.3 is 6.03 Å². The summed E-state index contributed by atoms with van der Waals surface area (Å²) in [4.78, 5) is 21.1. The Labute approximate surface area is 167 Å². The molecule has 0 radical (unpaired) electrons. The van der Waals surface area contributed by atoms with Crippen LogP contribution in [0.5, 0.6) is 0 Å². The van der Waals surface area contributed by atoms with Gasteiger partial charge in [-0.25, -0.2) is 9.78 Å². The first-order valence-corrected chi connectivity index (χ1v) is 10.2. The van der Waals surface area contributed by atoms with Crippen LogP contribution in [0.2, 0.25) is 0 Å². The fourth-order valence-corrected chi connectivity index (χ4v) is 3.57. The number of rotatable bonds is 8. The van der Waals surface area contributed by atoms with E-state index >= 15 is 0 Å². The average molecular weight is 382 g/mol. The molecule has 1 aromatic heterocycles. The second-order valence-electron chi connectivity index (χ2n) is 7.10. The van der Waals surface area contributed by atoms with E-state index in [0.29, 0.717) is 13.1 Å². The number of urea groups is 1. The molecule has 6 heteroatoms. The summed E-state index contributed by atoms with van der Waals surface area (Å²) >= 11 is 0. The molecule has 0 unspecified atom stereocenters. The lowest BCUT2D eigenvalue weighted by atomic mass is 10.00. The molecule has 3 rings (SSSR count). The van der Waals surface area contributed by atoms with E-state index in [1.807, 2.05) is 18.3 Å². The second kappa shape index (κ2) is 10.1. The summed E-state index contributed by atoms with van der Waals surface area (Å²) in [6, 6.07) is 12.5. The molecule has 0 spiro atoms.